The zero-order valence-electron chi connectivity index (χ0n) is 19.9. The molecule has 1 N–H and O–H groups in total. The summed E-state index contributed by atoms with van der Waals surface area (Å²) in [5.74, 6) is 0. The van der Waals surface area contributed by atoms with E-state index in [1.54, 1.807) is 41.1 Å². The van der Waals surface area contributed by atoms with Crippen molar-refractivity contribution >= 4 is 11.7 Å². The van der Waals surface area contributed by atoms with Crippen molar-refractivity contribution in [1.82, 2.24) is 9.47 Å². The Morgan fingerprint density at radius 3 is 2.03 bits per heavy atom. The Morgan fingerprint density at radius 2 is 1.34 bits per heavy atom. The number of rotatable bonds is 7. The van der Waals surface area contributed by atoms with E-state index in [2.05, 4.69) is 5.32 Å². The van der Waals surface area contributed by atoms with Crippen LogP contribution in [0.4, 0.5) is 36.8 Å². The molecule has 10 heteroatoms. The molecule has 0 spiro atoms. The number of halogens is 6. The molecule has 0 aliphatic carbocycles. The van der Waals surface area contributed by atoms with Crippen LogP contribution in [-0.2, 0) is 32.0 Å². The van der Waals surface area contributed by atoms with Crippen LogP contribution in [0.5, 0.6) is 0 Å². The van der Waals surface area contributed by atoms with Crippen molar-refractivity contribution in [2.45, 2.75) is 32.0 Å². The fraction of sp³-hybridized carbons (Fsp3) is 0.179. The van der Waals surface area contributed by atoms with Crippen LogP contribution in [0.15, 0.2) is 97.2 Å². The Hall–Kier alpha value is -4.21. The van der Waals surface area contributed by atoms with Gasteiger partial charge in [0.05, 0.1) is 17.7 Å². The van der Waals surface area contributed by atoms with E-state index in [1.807, 2.05) is 18.2 Å². The number of alkyl halides is 6. The van der Waals surface area contributed by atoms with Gasteiger partial charge in [0.1, 0.15) is 0 Å². The van der Waals surface area contributed by atoms with E-state index >= 15 is 0 Å². The lowest BCUT2D eigenvalue weighted by Crippen LogP contribution is -2.34. The van der Waals surface area contributed by atoms with Gasteiger partial charge in [0.15, 0.2) is 0 Å². The van der Waals surface area contributed by atoms with Crippen LogP contribution in [0, 0.1) is 0 Å². The number of nitrogens with zero attached hydrogens (tertiary/aromatic N) is 2. The molecule has 1 aromatic heterocycles. The molecule has 0 saturated heterocycles. The first-order valence-electron chi connectivity index (χ1n) is 11.6. The number of carbonyl (C=O) groups is 1. The zero-order valence-corrected chi connectivity index (χ0v) is 19.9. The Labute approximate surface area is 215 Å². The minimum absolute atomic E-state index is 0.0118. The summed E-state index contributed by atoms with van der Waals surface area (Å²) in [4.78, 5) is 14.7. The molecule has 2 amide bonds. The van der Waals surface area contributed by atoms with Crippen LogP contribution < -0.4 is 5.32 Å². The third-order valence-corrected chi connectivity index (χ3v) is 5.83. The Kier molecular flexibility index (Phi) is 7.80. The van der Waals surface area contributed by atoms with Gasteiger partial charge in [-0.05, 0) is 53.6 Å². The van der Waals surface area contributed by atoms with E-state index in [1.165, 1.54) is 23.1 Å². The topological polar surface area (TPSA) is 37.3 Å². The van der Waals surface area contributed by atoms with E-state index in [0.717, 1.165) is 29.8 Å². The molecule has 3 aromatic carbocycles. The fourth-order valence-electron chi connectivity index (χ4n) is 3.96. The van der Waals surface area contributed by atoms with Gasteiger partial charge in [0.2, 0.25) is 0 Å². The number of amides is 2. The van der Waals surface area contributed by atoms with Gasteiger partial charge in [0.25, 0.3) is 0 Å². The number of anilines is 1. The molecule has 0 saturated carbocycles. The summed E-state index contributed by atoms with van der Waals surface area (Å²) in [5.41, 5.74) is 0.206. The summed E-state index contributed by atoms with van der Waals surface area (Å²) in [6.07, 6.45) is -7.33. The number of benzene rings is 3. The summed E-state index contributed by atoms with van der Waals surface area (Å²) in [6.45, 7) is 0.354. The van der Waals surface area contributed by atoms with Gasteiger partial charge in [-0.15, -0.1) is 0 Å². The third kappa shape index (κ3) is 6.96. The molecule has 4 nitrogen and oxygen atoms in total. The number of carbonyl (C=O) groups excluding carboxylic acids is 1. The highest BCUT2D eigenvalue weighted by Crippen LogP contribution is 2.31. The molecule has 38 heavy (non-hydrogen) atoms. The number of hydrogen-bond acceptors (Lipinski definition) is 1. The van der Waals surface area contributed by atoms with Crippen molar-refractivity contribution in [2.75, 3.05) is 5.32 Å². The molecule has 198 valence electrons. The van der Waals surface area contributed by atoms with Crippen LogP contribution >= 0.6 is 0 Å². The first-order valence-corrected chi connectivity index (χ1v) is 11.6. The zero-order chi connectivity index (χ0) is 27.3. The molecule has 0 radical (unpaired) electrons. The number of hydrogen-bond donors (Lipinski definition) is 1. The van der Waals surface area contributed by atoms with E-state index in [0.29, 0.717) is 11.3 Å². The Bertz CT molecular complexity index is 1380. The van der Waals surface area contributed by atoms with E-state index in [-0.39, 0.29) is 25.3 Å². The number of aromatic nitrogens is 1. The molecule has 0 aliphatic rings. The van der Waals surface area contributed by atoms with Crippen LogP contribution in [0.1, 0.15) is 27.9 Å². The van der Waals surface area contributed by atoms with Crippen LogP contribution in [0.2, 0.25) is 0 Å². The summed E-state index contributed by atoms with van der Waals surface area (Å²) >= 11 is 0. The monoisotopic (exact) mass is 531 g/mol. The second kappa shape index (κ2) is 11.0. The van der Waals surface area contributed by atoms with Crippen molar-refractivity contribution in [1.29, 1.82) is 0 Å². The molecule has 4 rings (SSSR count). The molecule has 4 aromatic rings. The predicted octanol–water partition coefficient (Wildman–Crippen LogP) is 7.81. The maximum absolute atomic E-state index is 13.2. The maximum Gasteiger partial charge on any atom is 0.416 e. The minimum Gasteiger partial charge on any atom is -0.345 e. The lowest BCUT2D eigenvalue weighted by atomic mass is 10.1. The normalized spacial score (nSPS) is 11.8. The van der Waals surface area contributed by atoms with Crippen molar-refractivity contribution < 1.29 is 31.1 Å². The first-order chi connectivity index (χ1) is 18.0. The van der Waals surface area contributed by atoms with Crippen molar-refractivity contribution in [2.24, 2.45) is 0 Å². The summed E-state index contributed by atoms with van der Waals surface area (Å²) in [7, 11) is 0. The number of nitrogens with one attached hydrogen (secondary N) is 1. The van der Waals surface area contributed by atoms with Gasteiger partial charge in [-0.1, -0.05) is 48.5 Å². The summed E-state index contributed by atoms with van der Waals surface area (Å²) in [6, 6.07) is 21.2. The highest BCUT2D eigenvalue weighted by Gasteiger charge is 2.31. The van der Waals surface area contributed by atoms with Crippen LogP contribution in [0.3, 0.4) is 0 Å². The average molecular weight is 532 g/mol. The van der Waals surface area contributed by atoms with Gasteiger partial charge in [-0.3, -0.25) is 0 Å². The SMILES string of the molecule is O=C(Nc1cccc(C(F)(F)F)c1)N(Cc1ccccc1)Cc1cccn1Cc1cccc(C(F)(F)F)c1. The molecule has 1 heterocycles. The fourth-order valence-corrected chi connectivity index (χ4v) is 3.96. The lowest BCUT2D eigenvalue weighted by molar-refractivity contribution is -0.138. The third-order valence-electron chi connectivity index (χ3n) is 5.83. The number of urea groups is 1. The van der Waals surface area contributed by atoms with Gasteiger partial charge in [-0.25, -0.2) is 4.79 Å². The van der Waals surface area contributed by atoms with E-state index in [9.17, 15) is 31.1 Å². The molecule has 0 fully saturated rings. The molecule has 0 aliphatic heterocycles. The quantitative estimate of drug-likeness (QED) is 0.243. The molecular formula is C28H23F6N3O. The molecule has 0 unspecified atom stereocenters. The smallest absolute Gasteiger partial charge is 0.345 e. The van der Waals surface area contributed by atoms with Gasteiger partial charge >= 0.3 is 18.4 Å². The first kappa shape index (κ1) is 26.8. The summed E-state index contributed by atoms with van der Waals surface area (Å²) in [5, 5.41) is 2.53. The molecule has 0 bridgehead atoms. The largest absolute Gasteiger partial charge is 0.416 e. The van der Waals surface area contributed by atoms with E-state index in [4.69, 9.17) is 0 Å². The minimum atomic E-state index is -4.56. The second-order valence-electron chi connectivity index (χ2n) is 8.68. The van der Waals surface area contributed by atoms with Crippen molar-refractivity contribution in [3.8, 4) is 0 Å². The van der Waals surface area contributed by atoms with E-state index < -0.39 is 29.5 Å². The van der Waals surface area contributed by atoms with Crippen molar-refractivity contribution in [3.05, 3.63) is 125 Å². The van der Waals surface area contributed by atoms with Gasteiger partial charge in [-0.2, -0.15) is 26.3 Å². The summed E-state index contributed by atoms with van der Waals surface area (Å²) < 4.78 is 80.5. The van der Waals surface area contributed by atoms with Crippen LogP contribution in [-0.4, -0.2) is 15.5 Å². The van der Waals surface area contributed by atoms with Gasteiger partial charge in [0, 0.05) is 30.7 Å². The molecule has 0 atom stereocenters. The Morgan fingerprint density at radius 1 is 0.711 bits per heavy atom. The highest BCUT2D eigenvalue weighted by molar-refractivity contribution is 5.89. The Balaban J connectivity index is 1.57. The predicted molar refractivity (Wildman–Crippen MR) is 131 cm³/mol. The second-order valence-corrected chi connectivity index (χ2v) is 8.68. The van der Waals surface area contributed by atoms with Crippen LogP contribution in [0.25, 0.3) is 0 Å². The maximum atomic E-state index is 13.2. The van der Waals surface area contributed by atoms with Gasteiger partial charge < -0.3 is 14.8 Å². The standard InChI is InChI=1S/C28H23F6N3O/c29-27(30,31)22-10-4-9-21(15-22)18-36-14-6-13-25(36)19-37(17-20-7-2-1-3-8-20)26(38)35-24-12-5-11-23(16-24)28(32,33)34/h1-16H,17-19H2,(H,35,38). The lowest BCUT2D eigenvalue weighted by Gasteiger charge is -2.24. The average Bonchev–Trinajstić information content (AvgIpc) is 3.30. The molecular weight excluding hydrogens is 508 g/mol. The van der Waals surface area contributed by atoms with Crippen molar-refractivity contribution in [3.63, 3.8) is 0 Å². The highest BCUT2D eigenvalue weighted by atomic mass is 19.4.